The lowest BCUT2D eigenvalue weighted by atomic mass is 10.1. The van der Waals surface area contributed by atoms with Crippen LogP contribution >= 0.6 is 0 Å². The molecule has 1 saturated heterocycles. The average molecular weight is 207 g/mol. The van der Waals surface area contributed by atoms with Gasteiger partial charge in [-0.15, -0.1) is 0 Å². The lowest BCUT2D eigenvalue weighted by molar-refractivity contribution is 0.0989. The molecule has 1 aromatic rings. The van der Waals surface area contributed by atoms with Crippen LogP contribution in [0.1, 0.15) is 12.5 Å². The lowest BCUT2D eigenvalue weighted by Crippen LogP contribution is -2.43. The van der Waals surface area contributed by atoms with Gasteiger partial charge in [0.05, 0.1) is 19.8 Å². The van der Waals surface area contributed by atoms with Gasteiger partial charge in [-0.25, -0.2) is 0 Å². The Balaban J connectivity index is 2.13. The van der Waals surface area contributed by atoms with Crippen LogP contribution in [-0.2, 0) is 11.3 Å². The summed E-state index contributed by atoms with van der Waals surface area (Å²) in [5.74, 6) is 0. The zero-order valence-corrected chi connectivity index (χ0v) is 9.02. The summed E-state index contributed by atoms with van der Waals surface area (Å²) in [6.07, 6.45) is 0. The van der Waals surface area contributed by atoms with Gasteiger partial charge in [0.1, 0.15) is 0 Å². The van der Waals surface area contributed by atoms with Gasteiger partial charge >= 0.3 is 0 Å². The Bertz CT molecular complexity index is 310. The minimum Gasteiger partial charge on any atom is -0.392 e. The van der Waals surface area contributed by atoms with E-state index < -0.39 is 0 Å². The van der Waals surface area contributed by atoms with Crippen LogP contribution in [-0.4, -0.2) is 30.9 Å². The van der Waals surface area contributed by atoms with Crippen LogP contribution in [0.15, 0.2) is 24.3 Å². The maximum Gasteiger partial charge on any atom is 0.0681 e. The molecule has 82 valence electrons. The smallest absolute Gasteiger partial charge is 0.0681 e. The molecule has 1 fully saturated rings. The molecule has 3 nitrogen and oxygen atoms in total. The fraction of sp³-hybridized carbons (Fsp3) is 0.500. The molecule has 1 aliphatic rings. The molecule has 0 saturated carbocycles. The Hall–Kier alpha value is -1.06. The summed E-state index contributed by atoms with van der Waals surface area (Å²) in [5.41, 5.74) is 2.17. The van der Waals surface area contributed by atoms with Crippen molar-refractivity contribution in [2.24, 2.45) is 0 Å². The summed E-state index contributed by atoms with van der Waals surface area (Å²) in [5, 5.41) is 8.96. The second kappa shape index (κ2) is 4.64. The molecule has 1 N–H and O–H groups in total. The highest BCUT2D eigenvalue weighted by molar-refractivity contribution is 5.48. The molecule has 3 heteroatoms. The number of hydrogen-bond acceptors (Lipinski definition) is 3. The number of aliphatic hydroxyl groups is 1. The first-order chi connectivity index (χ1) is 7.31. The highest BCUT2D eigenvalue weighted by atomic mass is 16.5. The number of nitrogens with zero attached hydrogens (tertiary/aromatic N) is 1. The largest absolute Gasteiger partial charge is 0.392 e. The van der Waals surface area contributed by atoms with E-state index in [0.29, 0.717) is 6.04 Å². The molecule has 1 aliphatic heterocycles. The third kappa shape index (κ3) is 2.30. The highest BCUT2D eigenvalue weighted by Gasteiger charge is 2.18. The first-order valence-corrected chi connectivity index (χ1v) is 5.35. The van der Waals surface area contributed by atoms with Crippen LogP contribution in [0.4, 0.5) is 5.69 Å². The second-order valence-corrected chi connectivity index (χ2v) is 3.94. The molecule has 0 aromatic heterocycles. The fourth-order valence-electron chi connectivity index (χ4n) is 1.90. The number of ether oxygens (including phenoxy) is 1. The molecule has 0 amide bonds. The van der Waals surface area contributed by atoms with Crippen molar-refractivity contribution < 1.29 is 9.84 Å². The standard InChI is InChI=1S/C12H17NO2/c1-10-9-15-7-6-13(10)12-4-2-11(8-14)3-5-12/h2-5,10,14H,6-9H2,1H3. The maximum absolute atomic E-state index is 8.96. The number of benzene rings is 1. The molecular formula is C12H17NO2. The summed E-state index contributed by atoms with van der Waals surface area (Å²) in [4.78, 5) is 2.34. The van der Waals surface area contributed by atoms with E-state index in [4.69, 9.17) is 9.84 Å². The second-order valence-electron chi connectivity index (χ2n) is 3.94. The monoisotopic (exact) mass is 207 g/mol. The molecule has 0 radical (unpaired) electrons. The van der Waals surface area contributed by atoms with E-state index in [0.717, 1.165) is 25.3 Å². The van der Waals surface area contributed by atoms with Gasteiger partial charge in [-0.05, 0) is 24.6 Å². The third-order valence-electron chi connectivity index (χ3n) is 2.82. The van der Waals surface area contributed by atoms with Crippen molar-refractivity contribution in [1.29, 1.82) is 0 Å². The van der Waals surface area contributed by atoms with Crippen LogP contribution in [0.2, 0.25) is 0 Å². The highest BCUT2D eigenvalue weighted by Crippen LogP contribution is 2.20. The van der Waals surface area contributed by atoms with Gasteiger partial charge in [-0.1, -0.05) is 12.1 Å². The quantitative estimate of drug-likeness (QED) is 0.795. The minimum absolute atomic E-state index is 0.110. The van der Waals surface area contributed by atoms with Crippen LogP contribution in [0, 0.1) is 0 Å². The first kappa shape index (κ1) is 10.5. The number of aliphatic hydroxyl groups excluding tert-OH is 1. The molecule has 0 spiro atoms. The third-order valence-corrected chi connectivity index (χ3v) is 2.82. The van der Waals surface area contributed by atoms with Crippen LogP contribution < -0.4 is 4.90 Å². The fourth-order valence-corrected chi connectivity index (χ4v) is 1.90. The van der Waals surface area contributed by atoms with Gasteiger partial charge in [0.2, 0.25) is 0 Å². The molecule has 0 bridgehead atoms. The number of hydrogen-bond donors (Lipinski definition) is 1. The van der Waals surface area contributed by atoms with Crippen LogP contribution in [0.5, 0.6) is 0 Å². The number of anilines is 1. The number of rotatable bonds is 2. The average Bonchev–Trinajstić information content (AvgIpc) is 2.30. The van der Waals surface area contributed by atoms with Gasteiger partial charge in [0, 0.05) is 18.3 Å². The zero-order chi connectivity index (χ0) is 10.7. The van der Waals surface area contributed by atoms with Crippen molar-refractivity contribution in [3.8, 4) is 0 Å². The topological polar surface area (TPSA) is 32.7 Å². The van der Waals surface area contributed by atoms with Crippen molar-refractivity contribution in [2.75, 3.05) is 24.7 Å². The van der Waals surface area contributed by atoms with Crippen molar-refractivity contribution in [2.45, 2.75) is 19.6 Å². The predicted octanol–water partition coefficient (Wildman–Crippen LogP) is 1.40. The van der Waals surface area contributed by atoms with E-state index in [1.54, 1.807) is 0 Å². The van der Waals surface area contributed by atoms with Gasteiger partial charge in [0.25, 0.3) is 0 Å². The zero-order valence-electron chi connectivity index (χ0n) is 9.02. The van der Waals surface area contributed by atoms with Gasteiger partial charge < -0.3 is 14.7 Å². The van der Waals surface area contributed by atoms with E-state index in [2.05, 4.69) is 24.0 Å². The van der Waals surface area contributed by atoms with E-state index in [1.165, 1.54) is 5.69 Å². The maximum atomic E-state index is 8.96. The molecule has 15 heavy (non-hydrogen) atoms. The summed E-state index contributed by atoms with van der Waals surface area (Å²) in [6.45, 7) is 4.81. The van der Waals surface area contributed by atoms with Gasteiger partial charge in [-0.3, -0.25) is 0 Å². The summed E-state index contributed by atoms with van der Waals surface area (Å²) in [6, 6.07) is 8.49. The molecule has 0 aliphatic carbocycles. The molecular weight excluding hydrogens is 190 g/mol. The predicted molar refractivity (Wildman–Crippen MR) is 60.0 cm³/mol. The Morgan fingerprint density at radius 2 is 2.13 bits per heavy atom. The molecule has 1 aromatic carbocycles. The Labute approximate surface area is 90.3 Å². The molecule has 1 unspecified atom stereocenters. The summed E-state index contributed by atoms with van der Waals surface area (Å²) >= 11 is 0. The van der Waals surface area contributed by atoms with Crippen molar-refractivity contribution in [3.63, 3.8) is 0 Å². The normalized spacial score (nSPS) is 21.7. The number of morpholine rings is 1. The van der Waals surface area contributed by atoms with Crippen molar-refractivity contribution in [1.82, 2.24) is 0 Å². The summed E-state index contributed by atoms with van der Waals surface area (Å²) in [7, 11) is 0. The van der Waals surface area contributed by atoms with Gasteiger partial charge in [0.15, 0.2) is 0 Å². The molecule has 1 atom stereocenters. The molecule has 1 heterocycles. The van der Waals surface area contributed by atoms with Crippen LogP contribution in [0.25, 0.3) is 0 Å². The Morgan fingerprint density at radius 1 is 1.40 bits per heavy atom. The van der Waals surface area contributed by atoms with Gasteiger partial charge in [-0.2, -0.15) is 0 Å². The van der Waals surface area contributed by atoms with E-state index in [-0.39, 0.29) is 6.61 Å². The van der Waals surface area contributed by atoms with E-state index >= 15 is 0 Å². The van der Waals surface area contributed by atoms with Crippen LogP contribution in [0.3, 0.4) is 0 Å². The van der Waals surface area contributed by atoms with E-state index in [1.807, 2.05) is 12.1 Å². The van der Waals surface area contributed by atoms with Crippen molar-refractivity contribution in [3.05, 3.63) is 29.8 Å². The Kier molecular flexibility index (Phi) is 3.23. The van der Waals surface area contributed by atoms with Crippen molar-refractivity contribution >= 4 is 5.69 Å². The first-order valence-electron chi connectivity index (χ1n) is 5.35. The lowest BCUT2D eigenvalue weighted by Gasteiger charge is -2.35. The Morgan fingerprint density at radius 3 is 2.73 bits per heavy atom. The van der Waals surface area contributed by atoms with E-state index in [9.17, 15) is 0 Å². The minimum atomic E-state index is 0.110. The molecule has 2 rings (SSSR count). The SMILES string of the molecule is CC1COCCN1c1ccc(CO)cc1. The summed E-state index contributed by atoms with van der Waals surface area (Å²) < 4.78 is 5.40.